The highest BCUT2D eigenvalue weighted by Crippen LogP contribution is 2.40. The van der Waals surface area contributed by atoms with Crippen molar-refractivity contribution in [3.8, 4) is 5.75 Å². The average Bonchev–Trinajstić information content (AvgIpc) is 3.34. The Bertz CT molecular complexity index is 1130. The van der Waals surface area contributed by atoms with Gasteiger partial charge in [-0.15, -0.1) is 10.0 Å². The van der Waals surface area contributed by atoms with Gasteiger partial charge >= 0.3 is 11.9 Å². The Labute approximate surface area is 192 Å². The van der Waals surface area contributed by atoms with Gasteiger partial charge in [0.2, 0.25) is 0 Å². The summed E-state index contributed by atoms with van der Waals surface area (Å²) in [5.41, 5.74) is 1.79. The summed E-state index contributed by atoms with van der Waals surface area (Å²) in [5.74, 6) is 2.16. The van der Waals surface area contributed by atoms with Crippen molar-refractivity contribution < 1.29 is 19.0 Å². The lowest BCUT2D eigenvalue weighted by molar-refractivity contribution is -0.919. The number of amides is 1. The van der Waals surface area contributed by atoms with Crippen LogP contribution in [0.15, 0.2) is 45.7 Å². The summed E-state index contributed by atoms with van der Waals surface area (Å²) in [5, 5.41) is 13.3. The average molecular weight is 451 g/mol. The van der Waals surface area contributed by atoms with E-state index in [0.29, 0.717) is 25.6 Å². The Balaban J connectivity index is 1.24. The van der Waals surface area contributed by atoms with Crippen molar-refractivity contribution in [2.75, 3.05) is 31.6 Å². The Kier molecular flexibility index (Phi) is 4.40. The van der Waals surface area contributed by atoms with Crippen LogP contribution in [0.1, 0.15) is 38.7 Å². The van der Waals surface area contributed by atoms with Crippen molar-refractivity contribution in [3.63, 3.8) is 0 Å². The molecule has 10 nitrogen and oxygen atoms in total. The zero-order valence-corrected chi connectivity index (χ0v) is 18.9. The van der Waals surface area contributed by atoms with Gasteiger partial charge in [-0.05, 0) is 27.7 Å². The van der Waals surface area contributed by atoms with Crippen molar-refractivity contribution in [1.29, 1.82) is 0 Å². The maximum atomic E-state index is 11.6. The lowest BCUT2D eigenvalue weighted by Gasteiger charge is -2.41. The lowest BCUT2D eigenvalue weighted by atomic mass is 9.80. The molecule has 1 amide bonds. The minimum absolute atomic E-state index is 0.100. The minimum Gasteiger partial charge on any atom is -0.493 e. The standard InChI is InChI=1S/C23H27N7O3/c1-22(2)7-12-32-18-13-16(3-4-17(18)22)26-20-27-19-14-24-8-11-30(19,28-20)29-9-5-23(6-10-29)15-25-21(31)33-23/h3-4,8,11,13-14H,5-7,9-10,12,15H2,1-2H3,(H-,25,26,28,31)/p+1. The summed E-state index contributed by atoms with van der Waals surface area (Å²) in [7, 11) is 0. The molecule has 5 aliphatic heterocycles. The molecule has 0 radical (unpaired) electrons. The topological polar surface area (TPSA) is 99.9 Å². The monoisotopic (exact) mass is 450 g/mol. The van der Waals surface area contributed by atoms with Gasteiger partial charge in [-0.2, -0.15) is 0 Å². The molecular weight excluding hydrogens is 422 g/mol. The summed E-state index contributed by atoms with van der Waals surface area (Å²) in [6, 6.07) is 6.20. The van der Waals surface area contributed by atoms with Gasteiger partial charge in [-0.1, -0.05) is 19.9 Å². The zero-order valence-electron chi connectivity index (χ0n) is 18.9. The van der Waals surface area contributed by atoms with E-state index >= 15 is 0 Å². The normalized spacial score (nSPS) is 28.8. The fourth-order valence-electron chi connectivity index (χ4n) is 5.17. The maximum Gasteiger partial charge on any atom is 0.407 e. The quantitative estimate of drug-likeness (QED) is 0.675. The molecule has 6 rings (SSSR count). The third-order valence-corrected chi connectivity index (χ3v) is 7.25. The van der Waals surface area contributed by atoms with E-state index in [-0.39, 0.29) is 16.2 Å². The number of guanidine groups is 1. The molecule has 5 heterocycles. The van der Waals surface area contributed by atoms with Crippen LogP contribution < -0.4 is 15.4 Å². The Morgan fingerprint density at radius 1 is 1.21 bits per heavy atom. The van der Waals surface area contributed by atoms with E-state index in [1.807, 2.05) is 12.3 Å². The molecule has 2 saturated heterocycles. The smallest absolute Gasteiger partial charge is 0.407 e. The van der Waals surface area contributed by atoms with Gasteiger partial charge in [0.15, 0.2) is 6.20 Å². The van der Waals surface area contributed by atoms with Gasteiger partial charge in [0, 0.05) is 30.2 Å². The van der Waals surface area contributed by atoms with E-state index in [2.05, 4.69) is 46.6 Å². The fraction of sp³-hybridized carbons (Fsp3) is 0.478. The molecule has 1 spiro atoms. The molecule has 0 aliphatic carbocycles. The number of nitrogens with zero attached hydrogens (tertiary/aromatic N) is 5. The van der Waals surface area contributed by atoms with Crippen LogP contribution in [0.25, 0.3) is 0 Å². The SMILES string of the molecule is CC1(C)CCOc2cc(NC3=N[N+]4(N5CCC6(CC5)CNC(=O)O6)C=CN=CC4=N3)ccc21. The number of alkyl carbamates (subject to hydrolysis) is 1. The summed E-state index contributed by atoms with van der Waals surface area (Å²) in [4.78, 5) is 20.6. The number of carbonyl (C=O) groups is 1. The van der Waals surface area contributed by atoms with Crippen LogP contribution in [0.4, 0.5) is 10.5 Å². The van der Waals surface area contributed by atoms with Gasteiger partial charge in [0.1, 0.15) is 17.6 Å². The number of fused-ring (bicyclic) bond motifs is 2. The van der Waals surface area contributed by atoms with Crippen LogP contribution in [-0.4, -0.2) is 65.7 Å². The highest BCUT2D eigenvalue weighted by Gasteiger charge is 2.52. The van der Waals surface area contributed by atoms with E-state index < -0.39 is 5.60 Å². The maximum absolute atomic E-state index is 11.6. The first-order valence-electron chi connectivity index (χ1n) is 11.4. The Hall–Kier alpha value is -3.24. The Morgan fingerprint density at radius 3 is 2.85 bits per heavy atom. The van der Waals surface area contributed by atoms with Crippen LogP contribution in [0.2, 0.25) is 0 Å². The third-order valence-electron chi connectivity index (χ3n) is 7.25. The molecule has 33 heavy (non-hydrogen) atoms. The number of ether oxygens (including phenoxy) is 2. The van der Waals surface area contributed by atoms with Gasteiger partial charge in [-0.25, -0.2) is 4.79 Å². The highest BCUT2D eigenvalue weighted by molar-refractivity contribution is 6.30. The van der Waals surface area contributed by atoms with Gasteiger partial charge in [-0.3, -0.25) is 4.99 Å². The molecule has 1 aromatic carbocycles. The van der Waals surface area contributed by atoms with Crippen LogP contribution in [0.3, 0.4) is 0 Å². The second kappa shape index (κ2) is 7.13. The number of hydrogen-bond donors (Lipinski definition) is 2. The van der Waals surface area contributed by atoms with Crippen molar-refractivity contribution >= 4 is 29.8 Å². The zero-order chi connectivity index (χ0) is 22.7. The van der Waals surface area contributed by atoms with E-state index in [1.165, 1.54) is 5.56 Å². The summed E-state index contributed by atoms with van der Waals surface area (Å²) in [6.07, 6.45) is 7.58. The van der Waals surface area contributed by atoms with Crippen LogP contribution in [-0.2, 0) is 10.2 Å². The number of nitrogens with one attached hydrogen (secondary N) is 2. The minimum atomic E-state index is -0.418. The van der Waals surface area contributed by atoms with Crippen LogP contribution in [0, 0.1) is 0 Å². The van der Waals surface area contributed by atoms with Gasteiger partial charge in [0.05, 0.1) is 32.4 Å². The van der Waals surface area contributed by atoms with Gasteiger partial charge in [0.25, 0.3) is 5.96 Å². The van der Waals surface area contributed by atoms with Crippen LogP contribution >= 0.6 is 0 Å². The number of quaternary nitrogens is 1. The number of amidine groups is 1. The number of hydrogen-bond acceptors (Lipinski definition) is 8. The third kappa shape index (κ3) is 3.32. The molecule has 172 valence electrons. The number of piperidine rings is 1. The van der Waals surface area contributed by atoms with Gasteiger partial charge < -0.3 is 20.1 Å². The molecule has 0 aromatic heterocycles. The Morgan fingerprint density at radius 2 is 2.06 bits per heavy atom. The first-order valence-corrected chi connectivity index (χ1v) is 11.4. The largest absolute Gasteiger partial charge is 0.493 e. The second-order valence-electron chi connectivity index (χ2n) is 9.82. The predicted octanol–water partition coefficient (Wildman–Crippen LogP) is 2.70. The number of aliphatic imine (C=N–C) groups is 2. The highest BCUT2D eigenvalue weighted by atomic mass is 16.6. The van der Waals surface area contributed by atoms with Crippen molar-refractivity contribution in [1.82, 2.24) is 10.3 Å². The number of rotatable bonds is 2. The molecule has 1 atom stereocenters. The molecule has 1 unspecified atom stereocenters. The molecule has 0 bridgehead atoms. The molecule has 2 fully saturated rings. The molecular formula is C23H28N7O3+. The predicted molar refractivity (Wildman–Crippen MR) is 124 cm³/mol. The van der Waals surface area contributed by atoms with Crippen molar-refractivity contribution in [2.45, 2.75) is 44.1 Å². The second-order valence-corrected chi connectivity index (χ2v) is 9.82. The fourth-order valence-corrected chi connectivity index (χ4v) is 5.17. The molecule has 10 heteroatoms. The van der Waals surface area contributed by atoms with Crippen molar-refractivity contribution in [3.05, 3.63) is 36.2 Å². The van der Waals surface area contributed by atoms with E-state index in [4.69, 9.17) is 19.6 Å². The van der Waals surface area contributed by atoms with E-state index in [1.54, 1.807) is 12.4 Å². The number of anilines is 1. The molecule has 5 aliphatic rings. The summed E-state index contributed by atoms with van der Waals surface area (Å²) >= 11 is 0. The number of benzene rings is 1. The van der Waals surface area contributed by atoms with E-state index in [9.17, 15) is 4.79 Å². The lowest BCUT2D eigenvalue weighted by Crippen LogP contribution is -2.61. The molecule has 1 aromatic rings. The van der Waals surface area contributed by atoms with E-state index in [0.717, 1.165) is 43.1 Å². The summed E-state index contributed by atoms with van der Waals surface area (Å²) in [6.45, 7) is 7.20. The first kappa shape index (κ1) is 20.4. The van der Waals surface area contributed by atoms with Crippen molar-refractivity contribution in [2.24, 2.45) is 15.1 Å². The molecule has 2 N–H and O–H groups in total. The summed E-state index contributed by atoms with van der Waals surface area (Å²) < 4.78 is 11.6. The number of carbonyl (C=O) groups excluding carboxylic acids is 1. The first-order chi connectivity index (χ1) is 15.9. The van der Waals surface area contributed by atoms with Crippen LogP contribution in [0.5, 0.6) is 5.75 Å². The molecule has 0 saturated carbocycles.